The molecule has 170 valence electrons. The fourth-order valence-electron chi connectivity index (χ4n) is 4.28. The second-order valence-corrected chi connectivity index (χ2v) is 19.1. The van der Waals surface area contributed by atoms with Crippen LogP contribution < -0.4 is 10.7 Å². The van der Waals surface area contributed by atoms with Crippen molar-refractivity contribution in [3.63, 3.8) is 0 Å². The van der Waals surface area contributed by atoms with E-state index >= 15 is 0 Å². The average Bonchev–Trinajstić information content (AvgIpc) is 2.89. The van der Waals surface area contributed by atoms with Gasteiger partial charge in [-0.25, -0.2) is 0 Å². The SMILES string of the molecule is COC(=O)C(CC/C=C/[CH2][Sn]([c]1ccccc1)([c]1ccccc1)[c]1ccccc1)C(=O)OC. The third-order valence-electron chi connectivity index (χ3n) is 5.98. The Kier molecular flexibility index (Phi) is 9.31. The van der Waals surface area contributed by atoms with E-state index in [2.05, 4.69) is 103 Å². The molecule has 0 aromatic heterocycles. The molecule has 0 bridgehead atoms. The first-order chi connectivity index (χ1) is 16.1. The molecule has 0 atom stereocenters. The Morgan fingerprint density at radius 2 is 1.09 bits per heavy atom. The van der Waals surface area contributed by atoms with E-state index < -0.39 is 36.2 Å². The summed E-state index contributed by atoms with van der Waals surface area (Å²) >= 11 is -3.33. The number of allylic oxidation sites excluding steroid dienone is 2. The zero-order valence-electron chi connectivity index (χ0n) is 19.1. The maximum atomic E-state index is 12.0. The van der Waals surface area contributed by atoms with Crippen molar-refractivity contribution in [2.45, 2.75) is 17.3 Å². The van der Waals surface area contributed by atoms with Crippen LogP contribution in [0.25, 0.3) is 0 Å². The fraction of sp³-hybridized carbons (Fsp3) is 0.214. The molecule has 0 aliphatic heterocycles. The first-order valence-corrected chi connectivity index (χ1v) is 17.4. The quantitative estimate of drug-likeness (QED) is 0.168. The zero-order valence-corrected chi connectivity index (χ0v) is 22.0. The summed E-state index contributed by atoms with van der Waals surface area (Å²) < 4.78 is 14.7. The number of benzene rings is 3. The fourth-order valence-corrected chi connectivity index (χ4v) is 17.2. The van der Waals surface area contributed by atoms with Crippen LogP contribution in [0.15, 0.2) is 103 Å². The molecule has 5 heteroatoms. The van der Waals surface area contributed by atoms with Crippen molar-refractivity contribution in [3.8, 4) is 0 Å². The van der Waals surface area contributed by atoms with Crippen molar-refractivity contribution in [3.05, 3.63) is 103 Å². The van der Waals surface area contributed by atoms with Gasteiger partial charge in [-0.05, 0) is 0 Å². The van der Waals surface area contributed by atoms with Crippen LogP contribution in [0.4, 0.5) is 0 Å². The van der Waals surface area contributed by atoms with Crippen LogP contribution in [-0.2, 0) is 19.1 Å². The molecule has 3 rings (SSSR count). The molecule has 0 fully saturated rings. The van der Waals surface area contributed by atoms with Crippen LogP contribution in [0.2, 0.25) is 4.44 Å². The molecule has 0 aliphatic rings. The van der Waals surface area contributed by atoms with Crippen LogP contribution >= 0.6 is 0 Å². The summed E-state index contributed by atoms with van der Waals surface area (Å²) in [6, 6.07) is 32.4. The summed E-state index contributed by atoms with van der Waals surface area (Å²) in [6.45, 7) is 0. The number of methoxy groups -OCH3 is 2. The van der Waals surface area contributed by atoms with E-state index in [1.165, 1.54) is 25.0 Å². The molecular formula is C28H30O4Sn. The summed E-state index contributed by atoms with van der Waals surface area (Å²) in [4.78, 5) is 23.9. The van der Waals surface area contributed by atoms with Crippen molar-refractivity contribution < 1.29 is 19.1 Å². The van der Waals surface area contributed by atoms with E-state index in [9.17, 15) is 9.59 Å². The van der Waals surface area contributed by atoms with E-state index in [4.69, 9.17) is 9.47 Å². The monoisotopic (exact) mass is 550 g/mol. The molecule has 4 nitrogen and oxygen atoms in total. The van der Waals surface area contributed by atoms with Crippen molar-refractivity contribution >= 4 is 41.1 Å². The predicted molar refractivity (Wildman–Crippen MR) is 135 cm³/mol. The normalized spacial score (nSPS) is 11.5. The Labute approximate surface area is 200 Å². The van der Waals surface area contributed by atoms with Gasteiger partial charge < -0.3 is 0 Å². The van der Waals surface area contributed by atoms with Gasteiger partial charge in [0.05, 0.1) is 0 Å². The third-order valence-corrected chi connectivity index (χ3v) is 19.7. The van der Waals surface area contributed by atoms with E-state index in [0.717, 1.165) is 4.44 Å². The van der Waals surface area contributed by atoms with Gasteiger partial charge in [0.1, 0.15) is 0 Å². The standard InChI is InChI=1S/C10H15O4.3C6H5.Sn/c1-4-5-6-7-8(9(11)13-2)10(12)14-3;3*1-2-4-6-5-3-1;/h4-5,8H,1,6-7H2,2-3H3;3*1-5H;/b5-4+;;;;. The van der Waals surface area contributed by atoms with Gasteiger partial charge in [0, 0.05) is 0 Å². The number of carbonyl (C=O) groups is 2. The topological polar surface area (TPSA) is 52.6 Å². The Hall–Kier alpha value is -2.86. The first-order valence-electron chi connectivity index (χ1n) is 11.1. The Morgan fingerprint density at radius 3 is 1.45 bits per heavy atom. The molecule has 0 saturated heterocycles. The second-order valence-electron chi connectivity index (χ2n) is 7.86. The molecule has 0 saturated carbocycles. The summed E-state index contributed by atoms with van der Waals surface area (Å²) in [5.74, 6) is -2.00. The van der Waals surface area contributed by atoms with Gasteiger partial charge in [-0.2, -0.15) is 0 Å². The number of hydrogen-bond donors (Lipinski definition) is 0. The van der Waals surface area contributed by atoms with Gasteiger partial charge in [-0.1, -0.05) is 0 Å². The molecule has 3 aromatic rings. The van der Waals surface area contributed by atoms with Gasteiger partial charge in [-0.15, -0.1) is 0 Å². The van der Waals surface area contributed by atoms with E-state index in [1.807, 2.05) is 0 Å². The molecule has 0 aliphatic carbocycles. The Bertz CT molecular complexity index is 936. The van der Waals surface area contributed by atoms with Gasteiger partial charge in [0.2, 0.25) is 0 Å². The van der Waals surface area contributed by atoms with Gasteiger partial charge in [0.15, 0.2) is 0 Å². The summed E-state index contributed by atoms with van der Waals surface area (Å²) in [6.07, 6.45) is 5.27. The summed E-state index contributed by atoms with van der Waals surface area (Å²) in [7, 11) is 2.58. The molecule has 0 amide bonds. The van der Waals surface area contributed by atoms with Gasteiger partial charge >= 0.3 is 201 Å². The Morgan fingerprint density at radius 1 is 0.697 bits per heavy atom. The Balaban J connectivity index is 1.93. The van der Waals surface area contributed by atoms with Crippen molar-refractivity contribution in [1.82, 2.24) is 0 Å². The number of esters is 2. The molecule has 3 aromatic carbocycles. The van der Waals surface area contributed by atoms with Crippen LogP contribution in [0.1, 0.15) is 12.8 Å². The molecular weight excluding hydrogens is 519 g/mol. The molecule has 33 heavy (non-hydrogen) atoms. The maximum absolute atomic E-state index is 12.0. The van der Waals surface area contributed by atoms with E-state index in [0.29, 0.717) is 12.8 Å². The number of hydrogen-bond acceptors (Lipinski definition) is 4. The van der Waals surface area contributed by atoms with Crippen molar-refractivity contribution in [2.24, 2.45) is 5.92 Å². The molecule has 0 radical (unpaired) electrons. The zero-order chi connectivity index (χ0) is 23.5. The van der Waals surface area contributed by atoms with Crippen LogP contribution in [0.3, 0.4) is 0 Å². The minimum atomic E-state index is -3.33. The van der Waals surface area contributed by atoms with Gasteiger partial charge in [0.25, 0.3) is 0 Å². The summed E-state index contributed by atoms with van der Waals surface area (Å²) in [5.41, 5.74) is 0. The van der Waals surface area contributed by atoms with E-state index in [1.54, 1.807) is 0 Å². The number of rotatable bonds is 10. The van der Waals surface area contributed by atoms with Crippen LogP contribution in [0.5, 0.6) is 0 Å². The first kappa shape index (κ1) is 24.8. The van der Waals surface area contributed by atoms with Crippen molar-refractivity contribution in [2.75, 3.05) is 14.2 Å². The molecule has 0 N–H and O–H groups in total. The van der Waals surface area contributed by atoms with E-state index in [-0.39, 0.29) is 0 Å². The van der Waals surface area contributed by atoms with Crippen molar-refractivity contribution in [1.29, 1.82) is 0 Å². The second kappa shape index (κ2) is 12.4. The average molecular weight is 549 g/mol. The minimum absolute atomic E-state index is 0.361. The summed E-state index contributed by atoms with van der Waals surface area (Å²) in [5, 5.41) is 0. The predicted octanol–water partition coefficient (Wildman–Crippen LogP) is 3.46. The molecule has 0 heterocycles. The van der Waals surface area contributed by atoms with Crippen LogP contribution in [0, 0.1) is 5.92 Å². The molecule has 0 spiro atoms. The van der Waals surface area contributed by atoms with Crippen LogP contribution in [-0.4, -0.2) is 44.5 Å². The number of carbonyl (C=O) groups excluding carboxylic acids is 2. The van der Waals surface area contributed by atoms with Gasteiger partial charge in [-0.3, -0.25) is 0 Å². The third kappa shape index (κ3) is 5.93. The molecule has 0 unspecified atom stereocenters. The number of ether oxygens (including phenoxy) is 2.